The Morgan fingerprint density at radius 2 is 1.87 bits per heavy atom. The fourth-order valence-corrected chi connectivity index (χ4v) is 2.27. The van der Waals surface area contributed by atoms with Crippen molar-refractivity contribution in [2.45, 2.75) is 58.2 Å². The Hall–Kier alpha value is -0.770. The molecule has 1 rings (SSSR count). The second kappa shape index (κ2) is 4.00. The molecular formula is C11H21NO3. The quantitative estimate of drug-likeness (QED) is 0.700. The number of hydrogen-bond acceptors (Lipinski definition) is 3. The van der Waals surface area contributed by atoms with Crippen molar-refractivity contribution in [2.75, 3.05) is 0 Å². The first-order chi connectivity index (χ1) is 6.77. The summed E-state index contributed by atoms with van der Waals surface area (Å²) in [6.45, 7) is 6.11. The second-order valence-corrected chi connectivity index (χ2v) is 5.40. The largest absolute Gasteiger partial charge is 0.443 e. The highest BCUT2D eigenvalue weighted by Crippen LogP contribution is 2.44. The number of nitrogens with two attached hydrogens (primary N) is 1. The SMILES string of the molecule is CC(C)(C)[C@]1(OC(N)=O)CC[C@H](O)CC1. The summed E-state index contributed by atoms with van der Waals surface area (Å²) in [7, 11) is 0. The van der Waals surface area contributed by atoms with Gasteiger partial charge in [-0.3, -0.25) is 0 Å². The molecule has 15 heavy (non-hydrogen) atoms. The van der Waals surface area contributed by atoms with E-state index in [9.17, 15) is 9.90 Å². The maximum Gasteiger partial charge on any atom is 0.405 e. The normalized spacial score (nSPS) is 32.4. The lowest BCUT2D eigenvalue weighted by Gasteiger charge is -2.46. The van der Waals surface area contributed by atoms with Gasteiger partial charge in [-0.1, -0.05) is 20.8 Å². The zero-order valence-corrected chi connectivity index (χ0v) is 9.75. The third-order valence-corrected chi connectivity index (χ3v) is 3.43. The van der Waals surface area contributed by atoms with Gasteiger partial charge in [0.25, 0.3) is 0 Å². The van der Waals surface area contributed by atoms with Crippen LogP contribution in [0.1, 0.15) is 46.5 Å². The van der Waals surface area contributed by atoms with Crippen LogP contribution in [0.4, 0.5) is 4.79 Å². The number of ether oxygens (including phenoxy) is 1. The van der Waals surface area contributed by atoms with Crippen molar-refractivity contribution in [3.8, 4) is 0 Å². The van der Waals surface area contributed by atoms with E-state index in [1.807, 2.05) is 20.8 Å². The Kier molecular flexibility index (Phi) is 3.28. The van der Waals surface area contributed by atoms with Crippen molar-refractivity contribution >= 4 is 6.09 Å². The van der Waals surface area contributed by atoms with E-state index >= 15 is 0 Å². The summed E-state index contributed by atoms with van der Waals surface area (Å²) in [6, 6.07) is 0. The van der Waals surface area contributed by atoms with Crippen LogP contribution in [0, 0.1) is 5.41 Å². The number of hydrogen-bond donors (Lipinski definition) is 2. The number of aliphatic hydroxyl groups excluding tert-OH is 1. The van der Waals surface area contributed by atoms with E-state index in [0.29, 0.717) is 25.7 Å². The molecule has 1 aliphatic carbocycles. The lowest BCUT2D eigenvalue weighted by atomic mass is 9.67. The van der Waals surface area contributed by atoms with Crippen molar-refractivity contribution in [3.05, 3.63) is 0 Å². The minimum atomic E-state index is -0.721. The van der Waals surface area contributed by atoms with Gasteiger partial charge >= 0.3 is 6.09 Å². The molecule has 3 N–H and O–H groups in total. The minimum absolute atomic E-state index is 0.151. The predicted molar refractivity (Wildman–Crippen MR) is 57.3 cm³/mol. The smallest absolute Gasteiger partial charge is 0.405 e. The summed E-state index contributed by atoms with van der Waals surface area (Å²) in [6.07, 6.45) is 1.72. The molecule has 0 radical (unpaired) electrons. The second-order valence-electron chi connectivity index (χ2n) is 5.40. The molecule has 0 saturated heterocycles. The van der Waals surface area contributed by atoms with Crippen LogP contribution < -0.4 is 5.73 Å². The molecule has 0 atom stereocenters. The number of carbonyl (C=O) groups excluding carboxylic acids is 1. The van der Waals surface area contributed by atoms with Crippen molar-refractivity contribution in [2.24, 2.45) is 11.1 Å². The van der Waals surface area contributed by atoms with Crippen LogP contribution in [-0.4, -0.2) is 22.9 Å². The summed E-state index contributed by atoms with van der Waals surface area (Å²) in [5.74, 6) is 0. The lowest BCUT2D eigenvalue weighted by molar-refractivity contribution is -0.106. The average molecular weight is 215 g/mol. The number of amides is 1. The van der Waals surface area contributed by atoms with E-state index in [1.54, 1.807) is 0 Å². The van der Waals surface area contributed by atoms with Gasteiger partial charge in [-0.2, -0.15) is 0 Å². The first-order valence-corrected chi connectivity index (χ1v) is 5.43. The molecule has 0 unspecified atom stereocenters. The highest BCUT2D eigenvalue weighted by Gasteiger charge is 2.47. The number of primary amides is 1. The Morgan fingerprint density at radius 1 is 1.40 bits per heavy atom. The topological polar surface area (TPSA) is 72.5 Å². The monoisotopic (exact) mass is 215 g/mol. The predicted octanol–water partition coefficient (Wildman–Crippen LogP) is 1.80. The van der Waals surface area contributed by atoms with Gasteiger partial charge in [0.1, 0.15) is 5.60 Å². The molecule has 88 valence electrons. The zero-order chi connectivity index (χ0) is 11.7. The van der Waals surface area contributed by atoms with Crippen molar-refractivity contribution in [3.63, 3.8) is 0 Å². The molecule has 0 spiro atoms. The summed E-state index contributed by atoms with van der Waals surface area (Å²) < 4.78 is 5.32. The molecular weight excluding hydrogens is 194 g/mol. The molecule has 0 bridgehead atoms. The van der Waals surface area contributed by atoms with E-state index in [4.69, 9.17) is 10.5 Å². The summed E-state index contributed by atoms with van der Waals surface area (Å²) in [5, 5.41) is 9.47. The van der Waals surface area contributed by atoms with Gasteiger partial charge < -0.3 is 15.6 Å². The number of aliphatic hydroxyl groups is 1. The average Bonchev–Trinajstić information content (AvgIpc) is 2.06. The molecule has 1 saturated carbocycles. The zero-order valence-electron chi connectivity index (χ0n) is 9.75. The van der Waals surface area contributed by atoms with Gasteiger partial charge in [-0.25, -0.2) is 4.79 Å². The van der Waals surface area contributed by atoms with Crippen LogP contribution in [0.15, 0.2) is 0 Å². The molecule has 0 aliphatic heterocycles. The van der Waals surface area contributed by atoms with Crippen molar-refractivity contribution in [1.29, 1.82) is 0 Å². The number of carbonyl (C=O) groups is 1. The van der Waals surface area contributed by atoms with Crippen LogP contribution in [0.2, 0.25) is 0 Å². The van der Waals surface area contributed by atoms with Gasteiger partial charge in [0.15, 0.2) is 0 Å². The van der Waals surface area contributed by atoms with E-state index in [0.717, 1.165) is 0 Å². The van der Waals surface area contributed by atoms with Crippen molar-refractivity contribution < 1.29 is 14.6 Å². The van der Waals surface area contributed by atoms with Crippen LogP contribution >= 0.6 is 0 Å². The standard InChI is InChI=1S/C11H21NO3/c1-10(2,3)11(15-9(12)14)6-4-8(13)5-7-11/h8,13H,4-7H2,1-3H3,(H2,12,14)/t8-,11-. The Bertz CT molecular complexity index is 237. The van der Waals surface area contributed by atoms with Gasteiger partial charge in [-0.15, -0.1) is 0 Å². The maximum atomic E-state index is 10.9. The van der Waals surface area contributed by atoms with E-state index < -0.39 is 11.7 Å². The fraction of sp³-hybridized carbons (Fsp3) is 0.909. The first-order valence-electron chi connectivity index (χ1n) is 5.43. The highest BCUT2D eigenvalue weighted by molar-refractivity contribution is 5.65. The molecule has 4 nitrogen and oxygen atoms in total. The lowest BCUT2D eigenvalue weighted by Crippen LogP contribution is -2.51. The molecule has 0 aromatic rings. The van der Waals surface area contributed by atoms with Gasteiger partial charge in [-0.05, 0) is 25.7 Å². The molecule has 1 amide bonds. The maximum absolute atomic E-state index is 10.9. The van der Waals surface area contributed by atoms with Crippen LogP contribution in [-0.2, 0) is 4.74 Å². The number of rotatable bonds is 1. The van der Waals surface area contributed by atoms with Gasteiger partial charge in [0.05, 0.1) is 6.10 Å². The molecule has 1 aliphatic rings. The van der Waals surface area contributed by atoms with Crippen LogP contribution in [0.25, 0.3) is 0 Å². The molecule has 0 heterocycles. The summed E-state index contributed by atoms with van der Waals surface area (Å²) >= 11 is 0. The van der Waals surface area contributed by atoms with E-state index in [2.05, 4.69) is 0 Å². The van der Waals surface area contributed by atoms with Gasteiger partial charge in [0.2, 0.25) is 0 Å². The molecule has 4 heteroatoms. The van der Waals surface area contributed by atoms with Gasteiger partial charge in [0, 0.05) is 5.41 Å². The van der Waals surface area contributed by atoms with E-state index in [-0.39, 0.29) is 11.5 Å². The Morgan fingerprint density at radius 3 is 2.20 bits per heavy atom. The minimum Gasteiger partial charge on any atom is -0.443 e. The van der Waals surface area contributed by atoms with E-state index in [1.165, 1.54) is 0 Å². The van der Waals surface area contributed by atoms with Crippen molar-refractivity contribution in [1.82, 2.24) is 0 Å². The fourth-order valence-electron chi connectivity index (χ4n) is 2.27. The van der Waals surface area contributed by atoms with Crippen LogP contribution in [0.3, 0.4) is 0 Å². The molecule has 1 fully saturated rings. The first kappa shape index (κ1) is 12.3. The molecule has 0 aromatic heterocycles. The third-order valence-electron chi connectivity index (χ3n) is 3.43. The molecule has 0 aromatic carbocycles. The summed E-state index contributed by atoms with van der Waals surface area (Å²) in [4.78, 5) is 10.9. The Labute approximate surface area is 90.8 Å². The highest BCUT2D eigenvalue weighted by atomic mass is 16.6. The van der Waals surface area contributed by atoms with Crippen LogP contribution in [0.5, 0.6) is 0 Å². The third kappa shape index (κ3) is 2.62. The Balaban J connectivity index is 2.83. The summed E-state index contributed by atoms with van der Waals surface area (Å²) in [5.41, 5.74) is 4.45.